The lowest BCUT2D eigenvalue weighted by molar-refractivity contribution is 0.0690. The number of carboxylic acid groups (broad SMARTS) is 1. The molecule has 0 bridgehead atoms. The number of aryl methyl sites for hydroxylation is 2. The van der Waals surface area contributed by atoms with Crippen LogP contribution in [0.2, 0.25) is 0 Å². The molecule has 5 aromatic heterocycles. The number of aromatic amines is 1. The van der Waals surface area contributed by atoms with Crippen LogP contribution in [0.5, 0.6) is 5.75 Å². The molecule has 12 heteroatoms. The van der Waals surface area contributed by atoms with Crippen LogP contribution in [0.25, 0.3) is 33.7 Å². The number of anilines is 1. The normalized spacial score (nSPS) is 13.3. The van der Waals surface area contributed by atoms with Gasteiger partial charge in [-0.1, -0.05) is 20.8 Å². The Morgan fingerprint density at radius 1 is 1.23 bits per heavy atom. The van der Waals surface area contributed by atoms with Crippen LogP contribution in [-0.4, -0.2) is 48.5 Å². The van der Waals surface area contributed by atoms with Crippen LogP contribution in [-0.2, 0) is 6.42 Å². The molecule has 208 valence electrons. The van der Waals surface area contributed by atoms with Gasteiger partial charge < -0.3 is 25.3 Å². The minimum Gasteiger partial charge on any atom is -0.487 e. The molecule has 0 fully saturated rings. The Labute approximate surface area is 234 Å². The molecule has 0 saturated carbocycles. The number of carbonyl (C=O) groups is 1. The van der Waals surface area contributed by atoms with E-state index >= 15 is 0 Å². The molecule has 0 aliphatic rings. The zero-order chi connectivity index (χ0) is 28.7. The molecule has 0 aromatic carbocycles. The first-order valence-corrected chi connectivity index (χ1v) is 13.6. The second kappa shape index (κ2) is 10.3. The van der Waals surface area contributed by atoms with E-state index in [-0.39, 0.29) is 12.4 Å². The molecule has 0 radical (unpaired) electrons. The SMILES string of the molecule is Cc1occc1-c1nc(N)c(OC[C@@](Cc2ccsc2)(NC(=O)O)C(C)(C)C)cc1-c1cnc2[nH]nc(C)c2n1. The number of rotatable bonds is 8. The third-order valence-electron chi connectivity index (χ3n) is 7.19. The fourth-order valence-electron chi connectivity index (χ4n) is 4.65. The van der Waals surface area contributed by atoms with E-state index in [9.17, 15) is 9.90 Å². The number of nitrogens with zero attached hydrogens (tertiary/aromatic N) is 4. The summed E-state index contributed by atoms with van der Waals surface area (Å²) in [5.41, 5.74) is 10.4. The van der Waals surface area contributed by atoms with Crippen molar-refractivity contribution in [1.82, 2.24) is 30.5 Å². The molecule has 5 heterocycles. The summed E-state index contributed by atoms with van der Waals surface area (Å²) >= 11 is 1.56. The predicted molar refractivity (Wildman–Crippen MR) is 153 cm³/mol. The highest BCUT2D eigenvalue weighted by Gasteiger charge is 2.45. The molecule has 5 aromatic rings. The fourth-order valence-corrected chi connectivity index (χ4v) is 5.32. The first kappa shape index (κ1) is 27.1. The number of pyridine rings is 1. The maximum Gasteiger partial charge on any atom is 0.405 e. The Hall–Kier alpha value is -4.45. The second-order valence-corrected chi connectivity index (χ2v) is 11.6. The van der Waals surface area contributed by atoms with E-state index in [2.05, 4.69) is 20.5 Å². The Morgan fingerprint density at radius 2 is 2.02 bits per heavy atom. The average molecular weight is 562 g/mol. The molecule has 40 heavy (non-hydrogen) atoms. The molecule has 1 atom stereocenters. The molecule has 0 aliphatic heterocycles. The van der Waals surface area contributed by atoms with Crippen LogP contribution >= 0.6 is 11.3 Å². The van der Waals surface area contributed by atoms with Gasteiger partial charge in [-0.3, -0.25) is 5.10 Å². The summed E-state index contributed by atoms with van der Waals surface area (Å²) in [6.45, 7) is 9.65. The number of hydrogen-bond donors (Lipinski definition) is 4. The number of aromatic nitrogens is 5. The molecule has 0 saturated heterocycles. The third kappa shape index (κ3) is 5.09. The van der Waals surface area contributed by atoms with Crippen LogP contribution in [0.1, 0.15) is 37.8 Å². The fraction of sp³-hybridized carbons (Fsp3) is 0.321. The average Bonchev–Trinajstić information content (AvgIpc) is 3.64. The second-order valence-electron chi connectivity index (χ2n) is 10.8. The highest BCUT2D eigenvalue weighted by molar-refractivity contribution is 7.07. The zero-order valence-electron chi connectivity index (χ0n) is 22.9. The number of nitrogens with two attached hydrogens (primary N) is 1. The van der Waals surface area contributed by atoms with Gasteiger partial charge in [-0.2, -0.15) is 16.4 Å². The quantitative estimate of drug-likeness (QED) is 0.188. The highest BCUT2D eigenvalue weighted by atomic mass is 32.1. The molecule has 5 rings (SSSR count). The van der Waals surface area contributed by atoms with Gasteiger partial charge in [0.2, 0.25) is 0 Å². The first-order valence-electron chi connectivity index (χ1n) is 12.7. The van der Waals surface area contributed by atoms with Crippen LogP contribution < -0.4 is 15.8 Å². The molecule has 1 amide bonds. The van der Waals surface area contributed by atoms with Crippen molar-refractivity contribution in [3.63, 3.8) is 0 Å². The Bertz CT molecular complexity index is 1670. The summed E-state index contributed by atoms with van der Waals surface area (Å²) in [5, 5.41) is 23.6. The van der Waals surface area contributed by atoms with Gasteiger partial charge in [-0.15, -0.1) is 0 Å². The van der Waals surface area contributed by atoms with E-state index in [1.54, 1.807) is 29.9 Å². The van der Waals surface area contributed by atoms with Crippen molar-refractivity contribution in [2.75, 3.05) is 12.3 Å². The van der Waals surface area contributed by atoms with Crippen LogP contribution in [0.15, 0.2) is 45.8 Å². The van der Waals surface area contributed by atoms with Gasteiger partial charge >= 0.3 is 6.09 Å². The number of nitrogen functional groups attached to an aromatic ring is 1. The van der Waals surface area contributed by atoms with Crippen molar-refractivity contribution in [2.45, 2.75) is 46.6 Å². The Morgan fingerprint density at radius 3 is 2.67 bits per heavy atom. The number of thiophene rings is 1. The van der Waals surface area contributed by atoms with E-state index < -0.39 is 17.0 Å². The minimum atomic E-state index is -1.13. The number of ether oxygens (including phenoxy) is 1. The summed E-state index contributed by atoms with van der Waals surface area (Å²) in [7, 11) is 0. The van der Waals surface area contributed by atoms with Crippen molar-refractivity contribution in [2.24, 2.45) is 5.41 Å². The van der Waals surface area contributed by atoms with Crippen LogP contribution in [0, 0.1) is 19.3 Å². The van der Waals surface area contributed by atoms with Crippen molar-refractivity contribution in [1.29, 1.82) is 0 Å². The van der Waals surface area contributed by atoms with Crippen LogP contribution in [0.3, 0.4) is 0 Å². The number of H-pyrrole nitrogens is 1. The largest absolute Gasteiger partial charge is 0.487 e. The molecule has 0 aliphatic carbocycles. The van der Waals surface area contributed by atoms with Crippen molar-refractivity contribution in [3.05, 3.63) is 58.4 Å². The smallest absolute Gasteiger partial charge is 0.405 e. The summed E-state index contributed by atoms with van der Waals surface area (Å²) < 4.78 is 11.9. The summed E-state index contributed by atoms with van der Waals surface area (Å²) in [5.74, 6) is 1.13. The predicted octanol–water partition coefficient (Wildman–Crippen LogP) is 5.61. The number of amides is 1. The maximum atomic E-state index is 12.0. The molecule has 0 unspecified atom stereocenters. The number of fused-ring (bicyclic) bond motifs is 1. The lowest BCUT2D eigenvalue weighted by Crippen LogP contribution is -2.62. The van der Waals surface area contributed by atoms with Gasteiger partial charge in [-0.25, -0.2) is 19.7 Å². The van der Waals surface area contributed by atoms with E-state index in [1.807, 2.05) is 57.5 Å². The zero-order valence-corrected chi connectivity index (χ0v) is 23.7. The standard InChI is InChI=1S/C28H31N7O4S/c1-15-22-25(35-34-15)30-12-20(31-22)19-10-21(24(29)32-23(19)18-6-8-38-16(18)2)39-14-28(27(3,4)5,33-26(36)37)11-17-7-9-40-13-17/h6-10,12-13,33H,11,14H2,1-5H3,(H2,29,32)(H,36,37)(H,30,34,35)/t28-/m1/s1. The molecule has 5 N–H and O–H groups in total. The Kier molecular flexibility index (Phi) is 6.96. The molecular formula is C28H31N7O4S. The maximum absolute atomic E-state index is 12.0. The van der Waals surface area contributed by atoms with Gasteiger partial charge in [-0.05, 0) is 53.8 Å². The lowest BCUT2D eigenvalue weighted by atomic mass is 9.71. The van der Waals surface area contributed by atoms with Crippen molar-refractivity contribution >= 4 is 34.4 Å². The minimum absolute atomic E-state index is 0.0135. The van der Waals surface area contributed by atoms with Gasteiger partial charge in [0.1, 0.15) is 17.9 Å². The van der Waals surface area contributed by atoms with Gasteiger partial charge in [0.15, 0.2) is 17.2 Å². The van der Waals surface area contributed by atoms with E-state index in [0.717, 1.165) is 11.1 Å². The molecule has 11 nitrogen and oxygen atoms in total. The summed E-state index contributed by atoms with van der Waals surface area (Å²) in [6, 6.07) is 5.57. The summed E-state index contributed by atoms with van der Waals surface area (Å²) in [6.07, 6.45) is 2.52. The van der Waals surface area contributed by atoms with Gasteiger partial charge in [0.05, 0.1) is 35.1 Å². The monoisotopic (exact) mass is 561 g/mol. The van der Waals surface area contributed by atoms with E-state index in [0.29, 0.717) is 51.7 Å². The van der Waals surface area contributed by atoms with Gasteiger partial charge in [0.25, 0.3) is 0 Å². The third-order valence-corrected chi connectivity index (χ3v) is 7.92. The van der Waals surface area contributed by atoms with Gasteiger partial charge in [0, 0.05) is 17.5 Å². The van der Waals surface area contributed by atoms with Crippen LogP contribution in [0.4, 0.5) is 10.6 Å². The van der Waals surface area contributed by atoms with Crippen molar-refractivity contribution < 1.29 is 19.1 Å². The molecule has 0 spiro atoms. The Balaban J connectivity index is 1.60. The molecular weight excluding hydrogens is 530 g/mol. The summed E-state index contributed by atoms with van der Waals surface area (Å²) in [4.78, 5) is 26.0. The van der Waals surface area contributed by atoms with E-state index in [4.69, 9.17) is 24.9 Å². The lowest BCUT2D eigenvalue weighted by Gasteiger charge is -2.44. The topological polar surface area (TPSA) is 165 Å². The number of hydrogen-bond acceptors (Lipinski definition) is 9. The van der Waals surface area contributed by atoms with E-state index in [1.165, 1.54) is 0 Å². The first-order chi connectivity index (χ1) is 19.0. The highest BCUT2D eigenvalue weighted by Crippen LogP contribution is 2.39. The number of nitrogens with one attached hydrogen (secondary N) is 2. The van der Waals surface area contributed by atoms with Crippen molar-refractivity contribution in [3.8, 4) is 28.3 Å². The number of furan rings is 1.